The van der Waals surface area contributed by atoms with Crippen molar-refractivity contribution in [2.75, 3.05) is 0 Å². The van der Waals surface area contributed by atoms with Gasteiger partial charge in [-0.2, -0.15) is 0 Å². The molecule has 2 N–H and O–H groups in total. The monoisotopic (exact) mass is 326 g/mol. The predicted molar refractivity (Wildman–Crippen MR) is 90.1 cm³/mol. The molecule has 0 radical (unpaired) electrons. The van der Waals surface area contributed by atoms with Crippen LogP contribution in [-0.2, 0) is 22.6 Å². The summed E-state index contributed by atoms with van der Waals surface area (Å²) in [5.41, 5.74) is 0.934. The van der Waals surface area contributed by atoms with Gasteiger partial charge in [0.1, 0.15) is 5.82 Å². The summed E-state index contributed by atoms with van der Waals surface area (Å²) in [4.78, 5) is 28.2. The smallest absolute Gasteiger partial charge is 0.222 e. The zero-order valence-corrected chi connectivity index (χ0v) is 13.7. The van der Waals surface area contributed by atoms with Crippen LogP contribution >= 0.6 is 0 Å². The van der Waals surface area contributed by atoms with Crippen LogP contribution in [0.1, 0.15) is 37.2 Å². The number of imidazole rings is 1. The van der Waals surface area contributed by atoms with Crippen molar-refractivity contribution >= 4 is 11.8 Å². The first-order valence-corrected chi connectivity index (χ1v) is 8.23. The molecule has 126 valence electrons. The van der Waals surface area contributed by atoms with Crippen molar-refractivity contribution in [1.29, 1.82) is 0 Å². The molecule has 2 atom stereocenters. The molecule has 6 heteroatoms. The number of nitrogens with one attached hydrogen (secondary N) is 2. The molecule has 0 bridgehead atoms. The van der Waals surface area contributed by atoms with E-state index < -0.39 is 0 Å². The fraction of sp³-hybridized carbons (Fsp3) is 0.389. The SMILES string of the molecule is CC(=O)N[C@@H](CC(=O)N[C@@H]1CCc2nccn2C1)c1ccccc1. The third-order valence-corrected chi connectivity index (χ3v) is 4.27. The topological polar surface area (TPSA) is 76.0 Å². The van der Waals surface area contributed by atoms with Gasteiger partial charge in [-0.05, 0) is 12.0 Å². The Morgan fingerprint density at radius 2 is 2.12 bits per heavy atom. The molecule has 3 rings (SSSR count). The molecule has 1 aromatic carbocycles. The maximum absolute atomic E-state index is 12.4. The van der Waals surface area contributed by atoms with Gasteiger partial charge in [-0.3, -0.25) is 9.59 Å². The number of nitrogens with zero attached hydrogens (tertiary/aromatic N) is 2. The van der Waals surface area contributed by atoms with E-state index in [4.69, 9.17) is 0 Å². The molecule has 2 aromatic rings. The van der Waals surface area contributed by atoms with Crippen LogP contribution in [-0.4, -0.2) is 27.4 Å². The van der Waals surface area contributed by atoms with E-state index in [1.165, 1.54) is 6.92 Å². The summed E-state index contributed by atoms with van der Waals surface area (Å²) in [6.45, 7) is 2.22. The number of aromatic nitrogens is 2. The molecule has 0 saturated carbocycles. The summed E-state index contributed by atoms with van der Waals surface area (Å²) in [7, 11) is 0. The van der Waals surface area contributed by atoms with Crippen molar-refractivity contribution in [3.05, 3.63) is 54.1 Å². The van der Waals surface area contributed by atoms with Crippen molar-refractivity contribution in [2.24, 2.45) is 0 Å². The highest BCUT2D eigenvalue weighted by atomic mass is 16.2. The fourth-order valence-electron chi connectivity index (χ4n) is 3.14. The molecule has 0 spiro atoms. The first-order chi connectivity index (χ1) is 11.6. The van der Waals surface area contributed by atoms with Crippen molar-refractivity contribution in [3.63, 3.8) is 0 Å². The highest BCUT2D eigenvalue weighted by molar-refractivity contribution is 5.79. The molecule has 1 aromatic heterocycles. The largest absolute Gasteiger partial charge is 0.351 e. The molecule has 0 aliphatic carbocycles. The third-order valence-electron chi connectivity index (χ3n) is 4.27. The average Bonchev–Trinajstić information content (AvgIpc) is 3.02. The minimum Gasteiger partial charge on any atom is -0.351 e. The molecule has 1 aliphatic rings. The van der Waals surface area contributed by atoms with E-state index in [0.717, 1.165) is 30.8 Å². The molecular formula is C18H22N4O2. The number of rotatable bonds is 5. The van der Waals surface area contributed by atoms with Crippen LogP contribution in [0.25, 0.3) is 0 Å². The Kier molecular flexibility index (Phi) is 4.93. The quantitative estimate of drug-likeness (QED) is 0.876. The number of carbonyl (C=O) groups excluding carboxylic acids is 2. The number of hydrogen-bond donors (Lipinski definition) is 2. The van der Waals surface area contributed by atoms with E-state index >= 15 is 0 Å². The summed E-state index contributed by atoms with van der Waals surface area (Å²) >= 11 is 0. The maximum atomic E-state index is 12.4. The molecule has 2 heterocycles. The minimum atomic E-state index is -0.309. The number of aryl methyl sites for hydroxylation is 1. The first-order valence-electron chi connectivity index (χ1n) is 8.23. The summed E-state index contributed by atoms with van der Waals surface area (Å²) in [5.74, 6) is 0.879. The van der Waals surface area contributed by atoms with Gasteiger partial charge in [-0.1, -0.05) is 30.3 Å². The lowest BCUT2D eigenvalue weighted by atomic mass is 10.0. The van der Waals surface area contributed by atoms with Gasteiger partial charge in [0.25, 0.3) is 0 Å². The van der Waals surface area contributed by atoms with Crippen LogP contribution in [0.2, 0.25) is 0 Å². The highest BCUT2D eigenvalue weighted by Crippen LogP contribution is 2.18. The maximum Gasteiger partial charge on any atom is 0.222 e. The number of carbonyl (C=O) groups is 2. The van der Waals surface area contributed by atoms with Gasteiger partial charge in [-0.25, -0.2) is 4.98 Å². The van der Waals surface area contributed by atoms with Gasteiger partial charge in [0.05, 0.1) is 12.5 Å². The van der Waals surface area contributed by atoms with Crippen molar-refractivity contribution < 1.29 is 9.59 Å². The van der Waals surface area contributed by atoms with Crippen LogP contribution < -0.4 is 10.6 Å². The Labute approximate surface area is 141 Å². The standard InChI is InChI=1S/C18H22N4O2/c1-13(23)20-16(14-5-3-2-4-6-14)11-18(24)21-15-7-8-17-19-9-10-22(17)12-15/h2-6,9-10,15-16H,7-8,11-12H2,1H3,(H,20,23)(H,21,24)/t15-,16+/m1/s1. The van der Waals surface area contributed by atoms with Crippen LogP contribution in [0.4, 0.5) is 0 Å². The molecule has 0 saturated heterocycles. The van der Waals surface area contributed by atoms with Crippen LogP contribution in [0, 0.1) is 0 Å². The molecule has 6 nitrogen and oxygen atoms in total. The predicted octanol–water partition coefficient (Wildman–Crippen LogP) is 1.58. The van der Waals surface area contributed by atoms with Crippen molar-refractivity contribution in [3.8, 4) is 0 Å². The van der Waals surface area contributed by atoms with E-state index in [-0.39, 0.29) is 30.3 Å². The van der Waals surface area contributed by atoms with E-state index in [2.05, 4.69) is 20.2 Å². The van der Waals surface area contributed by atoms with Crippen LogP contribution in [0.15, 0.2) is 42.7 Å². The Morgan fingerprint density at radius 1 is 1.33 bits per heavy atom. The average molecular weight is 326 g/mol. The van der Waals surface area contributed by atoms with Gasteiger partial charge in [0.15, 0.2) is 0 Å². The highest BCUT2D eigenvalue weighted by Gasteiger charge is 2.22. The lowest BCUT2D eigenvalue weighted by Gasteiger charge is -2.26. The van der Waals surface area contributed by atoms with E-state index in [9.17, 15) is 9.59 Å². The zero-order chi connectivity index (χ0) is 16.9. The second kappa shape index (κ2) is 7.29. The summed E-state index contributed by atoms with van der Waals surface area (Å²) in [6, 6.07) is 9.37. The van der Waals surface area contributed by atoms with Crippen LogP contribution in [0.3, 0.4) is 0 Å². The second-order valence-electron chi connectivity index (χ2n) is 6.17. The normalized spacial score (nSPS) is 17.6. The van der Waals surface area contributed by atoms with E-state index in [1.807, 2.05) is 36.5 Å². The molecule has 0 unspecified atom stereocenters. The van der Waals surface area contributed by atoms with Crippen molar-refractivity contribution in [2.45, 2.75) is 44.8 Å². The second-order valence-corrected chi connectivity index (χ2v) is 6.17. The Morgan fingerprint density at radius 3 is 2.88 bits per heavy atom. The van der Waals surface area contributed by atoms with Gasteiger partial charge in [0, 0.05) is 38.3 Å². The summed E-state index contributed by atoms with van der Waals surface area (Å²) in [5, 5.41) is 5.95. The molecule has 1 aliphatic heterocycles. The molecule has 2 amide bonds. The molecular weight excluding hydrogens is 304 g/mol. The zero-order valence-electron chi connectivity index (χ0n) is 13.7. The van der Waals surface area contributed by atoms with E-state index in [1.54, 1.807) is 6.20 Å². The molecule has 24 heavy (non-hydrogen) atoms. The Balaban J connectivity index is 1.60. The van der Waals surface area contributed by atoms with Crippen molar-refractivity contribution in [1.82, 2.24) is 20.2 Å². The lowest BCUT2D eigenvalue weighted by molar-refractivity contribution is -0.123. The van der Waals surface area contributed by atoms with Crippen LogP contribution in [0.5, 0.6) is 0 Å². The summed E-state index contributed by atoms with van der Waals surface area (Å²) in [6.07, 6.45) is 5.72. The fourth-order valence-corrected chi connectivity index (χ4v) is 3.14. The van der Waals surface area contributed by atoms with Gasteiger partial charge in [0.2, 0.25) is 11.8 Å². The van der Waals surface area contributed by atoms with Gasteiger partial charge in [-0.15, -0.1) is 0 Å². The van der Waals surface area contributed by atoms with Gasteiger partial charge >= 0.3 is 0 Å². The van der Waals surface area contributed by atoms with Gasteiger partial charge < -0.3 is 15.2 Å². The Bertz CT molecular complexity index is 711. The Hall–Kier alpha value is -2.63. The lowest BCUT2D eigenvalue weighted by Crippen LogP contribution is -2.42. The number of fused-ring (bicyclic) bond motifs is 1. The van der Waals surface area contributed by atoms with E-state index in [0.29, 0.717) is 0 Å². The number of hydrogen-bond acceptors (Lipinski definition) is 3. The number of benzene rings is 1. The molecule has 0 fully saturated rings. The third kappa shape index (κ3) is 4.01. The summed E-state index contributed by atoms with van der Waals surface area (Å²) < 4.78 is 2.08. The first kappa shape index (κ1) is 16.2. The number of amides is 2. The minimum absolute atomic E-state index is 0.0498.